The highest BCUT2D eigenvalue weighted by atomic mass is 16.7. The van der Waals surface area contributed by atoms with E-state index in [0.717, 1.165) is 0 Å². The van der Waals surface area contributed by atoms with Gasteiger partial charge in [-0.3, -0.25) is 0 Å². The lowest BCUT2D eigenvalue weighted by molar-refractivity contribution is -0.284. The molecule has 0 fully saturated rings. The number of aliphatic hydroxyl groups is 2. The molecule has 0 aliphatic rings. The molecular formula is C14H22O6. The van der Waals surface area contributed by atoms with Crippen molar-refractivity contribution in [1.29, 1.82) is 0 Å². The van der Waals surface area contributed by atoms with Gasteiger partial charge in [-0.1, -0.05) is 20.1 Å². The van der Waals surface area contributed by atoms with Crippen LogP contribution >= 0.6 is 0 Å². The topological polar surface area (TPSA) is 93.1 Å². The van der Waals surface area contributed by atoms with Gasteiger partial charge in [-0.15, -0.1) is 0 Å². The minimum absolute atomic E-state index is 0.0464. The van der Waals surface area contributed by atoms with Crippen molar-refractivity contribution in [1.82, 2.24) is 0 Å². The molecule has 0 aromatic rings. The first kappa shape index (κ1) is 18.3. The molecule has 0 bridgehead atoms. The van der Waals surface area contributed by atoms with Gasteiger partial charge in [0.2, 0.25) is 0 Å². The Morgan fingerprint density at radius 1 is 1.20 bits per heavy atom. The predicted octanol–water partition coefficient (Wildman–Crippen LogP) is 1.07. The molecule has 0 amide bonds. The summed E-state index contributed by atoms with van der Waals surface area (Å²) in [5, 5.41) is 20.2. The molecule has 0 aliphatic heterocycles. The molecule has 0 aliphatic carbocycles. The molecule has 0 radical (unpaired) electrons. The predicted molar refractivity (Wildman–Crippen MR) is 72.5 cm³/mol. The van der Waals surface area contributed by atoms with Crippen LogP contribution in [0.15, 0.2) is 24.3 Å². The third-order valence-electron chi connectivity index (χ3n) is 2.68. The second-order valence-corrected chi connectivity index (χ2v) is 4.67. The lowest BCUT2D eigenvalue weighted by Gasteiger charge is -2.36. The van der Waals surface area contributed by atoms with Gasteiger partial charge in [0.25, 0.3) is 5.79 Å². The monoisotopic (exact) mass is 286 g/mol. The first-order valence-electron chi connectivity index (χ1n) is 6.22. The molecule has 0 saturated carbocycles. The molecule has 0 heterocycles. The summed E-state index contributed by atoms with van der Waals surface area (Å²) in [7, 11) is 0. The van der Waals surface area contributed by atoms with Gasteiger partial charge in [0.15, 0.2) is 6.10 Å². The molecule has 3 atom stereocenters. The SMILES string of the molecule is C=C(C)C(=O)OC(C)C(O)(OC(=O)C(=C)C)C(O)CC. The van der Waals surface area contributed by atoms with Crippen molar-refractivity contribution in [2.75, 3.05) is 0 Å². The van der Waals surface area contributed by atoms with Crippen LogP contribution in [0.25, 0.3) is 0 Å². The minimum Gasteiger partial charge on any atom is -0.452 e. The van der Waals surface area contributed by atoms with Gasteiger partial charge in [0, 0.05) is 11.1 Å². The zero-order chi connectivity index (χ0) is 16.1. The largest absolute Gasteiger partial charge is 0.452 e. The summed E-state index contributed by atoms with van der Waals surface area (Å²) < 4.78 is 9.78. The summed E-state index contributed by atoms with van der Waals surface area (Å²) in [5.41, 5.74) is 0.168. The van der Waals surface area contributed by atoms with Crippen LogP contribution in [0, 0.1) is 0 Å². The fraction of sp³-hybridized carbons (Fsp3) is 0.571. The van der Waals surface area contributed by atoms with E-state index in [1.54, 1.807) is 6.92 Å². The molecule has 20 heavy (non-hydrogen) atoms. The second kappa shape index (κ2) is 7.21. The van der Waals surface area contributed by atoms with Gasteiger partial charge in [0.05, 0.1) is 0 Å². The molecule has 0 rings (SSSR count). The van der Waals surface area contributed by atoms with E-state index in [9.17, 15) is 19.8 Å². The van der Waals surface area contributed by atoms with E-state index < -0.39 is 29.9 Å². The number of hydrogen-bond acceptors (Lipinski definition) is 6. The van der Waals surface area contributed by atoms with Gasteiger partial charge < -0.3 is 19.7 Å². The van der Waals surface area contributed by atoms with Crippen molar-refractivity contribution >= 4 is 11.9 Å². The smallest absolute Gasteiger partial charge is 0.335 e. The van der Waals surface area contributed by atoms with E-state index in [1.807, 2.05) is 0 Å². The van der Waals surface area contributed by atoms with Crippen molar-refractivity contribution in [2.45, 2.75) is 52.1 Å². The third-order valence-corrected chi connectivity index (χ3v) is 2.68. The molecule has 0 spiro atoms. The Balaban J connectivity index is 5.22. The van der Waals surface area contributed by atoms with Crippen LogP contribution in [-0.4, -0.2) is 40.1 Å². The number of ether oxygens (including phenoxy) is 2. The maximum absolute atomic E-state index is 11.6. The van der Waals surface area contributed by atoms with Crippen molar-refractivity contribution < 1.29 is 29.3 Å². The molecule has 0 saturated heterocycles. The number of aliphatic hydroxyl groups excluding tert-OH is 1. The standard InChI is InChI=1S/C14H22O6/c1-7-11(15)14(18,20-13(17)9(4)5)10(6)19-12(16)8(2)3/h10-11,15,18H,2,4,7H2,1,3,5-6H3. The Hall–Kier alpha value is -1.66. The molecule has 0 aromatic carbocycles. The van der Waals surface area contributed by atoms with E-state index in [4.69, 9.17) is 9.47 Å². The normalized spacial score (nSPS) is 16.5. The van der Waals surface area contributed by atoms with Crippen LogP contribution in [0.1, 0.15) is 34.1 Å². The van der Waals surface area contributed by atoms with Crippen molar-refractivity contribution in [3.05, 3.63) is 24.3 Å². The van der Waals surface area contributed by atoms with Gasteiger partial charge in [-0.25, -0.2) is 9.59 Å². The second-order valence-electron chi connectivity index (χ2n) is 4.67. The molecule has 114 valence electrons. The highest BCUT2D eigenvalue weighted by molar-refractivity contribution is 5.88. The Morgan fingerprint density at radius 3 is 2.00 bits per heavy atom. The molecule has 2 N–H and O–H groups in total. The lowest BCUT2D eigenvalue weighted by atomic mass is 10.0. The molecule has 6 nitrogen and oxygen atoms in total. The summed E-state index contributed by atoms with van der Waals surface area (Å²) in [6.07, 6.45) is -2.60. The Labute approximate surface area is 118 Å². The van der Waals surface area contributed by atoms with Crippen molar-refractivity contribution in [3.63, 3.8) is 0 Å². The maximum Gasteiger partial charge on any atom is 0.335 e. The Morgan fingerprint density at radius 2 is 1.65 bits per heavy atom. The Kier molecular flexibility index (Phi) is 6.61. The number of carbonyl (C=O) groups excluding carboxylic acids is 2. The summed E-state index contributed by atoms with van der Waals surface area (Å²) in [6, 6.07) is 0. The fourth-order valence-corrected chi connectivity index (χ4v) is 1.30. The minimum atomic E-state index is -2.35. The van der Waals surface area contributed by atoms with E-state index in [1.165, 1.54) is 20.8 Å². The molecule has 0 aromatic heterocycles. The van der Waals surface area contributed by atoms with Crippen LogP contribution in [0.5, 0.6) is 0 Å². The van der Waals surface area contributed by atoms with Gasteiger partial charge in [-0.05, 0) is 27.2 Å². The van der Waals surface area contributed by atoms with Crippen LogP contribution in [-0.2, 0) is 19.1 Å². The number of hydrogen-bond donors (Lipinski definition) is 2. The molecule has 6 heteroatoms. The lowest BCUT2D eigenvalue weighted by Crippen LogP contribution is -2.55. The van der Waals surface area contributed by atoms with E-state index in [2.05, 4.69) is 13.2 Å². The summed E-state index contributed by atoms with van der Waals surface area (Å²) >= 11 is 0. The van der Waals surface area contributed by atoms with Crippen LogP contribution in [0.4, 0.5) is 0 Å². The zero-order valence-electron chi connectivity index (χ0n) is 12.3. The highest BCUT2D eigenvalue weighted by Crippen LogP contribution is 2.24. The van der Waals surface area contributed by atoms with E-state index in [-0.39, 0.29) is 17.6 Å². The number of rotatable bonds is 7. The average Bonchev–Trinajstić information content (AvgIpc) is 2.36. The Bertz CT molecular complexity index is 414. The quantitative estimate of drug-likeness (QED) is 0.413. The highest BCUT2D eigenvalue weighted by Gasteiger charge is 2.47. The van der Waals surface area contributed by atoms with Crippen LogP contribution in [0.3, 0.4) is 0 Å². The van der Waals surface area contributed by atoms with E-state index >= 15 is 0 Å². The third kappa shape index (κ3) is 4.47. The first-order valence-corrected chi connectivity index (χ1v) is 6.22. The fourth-order valence-electron chi connectivity index (χ4n) is 1.30. The zero-order valence-corrected chi connectivity index (χ0v) is 12.3. The summed E-state index contributed by atoms with van der Waals surface area (Å²) in [6.45, 7) is 12.5. The van der Waals surface area contributed by atoms with Gasteiger partial charge >= 0.3 is 11.9 Å². The molecule has 3 unspecified atom stereocenters. The number of esters is 2. The van der Waals surface area contributed by atoms with Gasteiger partial charge in [0.1, 0.15) is 6.10 Å². The average molecular weight is 286 g/mol. The van der Waals surface area contributed by atoms with Gasteiger partial charge in [-0.2, -0.15) is 0 Å². The maximum atomic E-state index is 11.6. The van der Waals surface area contributed by atoms with Crippen molar-refractivity contribution in [2.24, 2.45) is 0 Å². The van der Waals surface area contributed by atoms with Crippen LogP contribution in [0.2, 0.25) is 0 Å². The summed E-state index contributed by atoms with van der Waals surface area (Å²) in [4.78, 5) is 23.0. The summed E-state index contributed by atoms with van der Waals surface area (Å²) in [5.74, 6) is -4.00. The van der Waals surface area contributed by atoms with Crippen LogP contribution < -0.4 is 0 Å². The van der Waals surface area contributed by atoms with Crippen molar-refractivity contribution in [3.8, 4) is 0 Å². The number of carbonyl (C=O) groups is 2. The van der Waals surface area contributed by atoms with E-state index in [0.29, 0.717) is 0 Å². The first-order chi connectivity index (χ1) is 9.06. The molecular weight excluding hydrogens is 264 g/mol.